The number of nitrogens with two attached hydrogens (primary N) is 1. The number of urea groups is 1. The molecule has 0 spiro atoms. The van der Waals surface area contributed by atoms with Crippen molar-refractivity contribution in [3.05, 3.63) is 0 Å². The molecule has 0 fully saturated rings. The number of thioether (sulfide) groups is 1. The molecule has 2 amide bonds. The summed E-state index contributed by atoms with van der Waals surface area (Å²) in [6.45, 7) is 6.55. The van der Waals surface area contributed by atoms with Crippen LogP contribution in [0.5, 0.6) is 0 Å². The molecule has 0 aromatic rings. The molecule has 16 heavy (non-hydrogen) atoms. The molecule has 1 aliphatic rings. The minimum atomic E-state index is -0.486. The topological polar surface area (TPSA) is 79.5 Å². The van der Waals surface area contributed by atoms with E-state index in [0.29, 0.717) is 24.3 Å². The molecule has 4 N–H and O–H groups in total. The number of carbonyl (C=O) groups is 1. The Morgan fingerprint density at radius 1 is 1.62 bits per heavy atom. The number of aliphatic imine (C=N–C) groups is 1. The SMILES string of the molecule is CC(C)CC1CN=C(NCCNC(N)=O)S1. The lowest BCUT2D eigenvalue weighted by atomic mass is 10.1. The Hall–Kier alpha value is -0.910. The third kappa shape index (κ3) is 5.25. The first-order valence-corrected chi connectivity index (χ1v) is 6.44. The van der Waals surface area contributed by atoms with Crippen molar-refractivity contribution in [2.45, 2.75) is 25.5 Å². The summed E-state index contributed by atoms with van der Waals surface area (Å²) in [5, 5.41) is 7.29. The van der Waals surface area contributed by atoms with Gasteiger partial charge in [-0.15, -0.1) is 0 Å². The lowest BCUT2D eigenvalue weighted by Gasteiger charge is -2.11. The number of amidine groups is 1. The number of carbonyl (C=O) groups excluding carboxylic acids is 1. The lowest BCUT2D eigenvalue weighted by Crippen LogP contribution is -2.36. The first-order valence-electron chi connectivity index (χ1n) is 5.56. The molecule has 1 aliphatic heterocycles. The molecule has 0 bridgehead atoms. The molecule has 0 radical (unpaired) electrons. The highest BCUT2D eigenvalue weighted by molar-refractivity contribution is 8.14. The van der Waals surface area contributed by atoms with Crippen molar-refractivity contribution in [2.24, 2.45) is 16.6 Å². The Morgan fingerprint density at radius 2 is 2.38 bits per heavy atom. The Balaban J connectivity index is 2.09. The van der Waals surface area contributed by atoms with Gasteiger partial charge < -0.3 is 16.4 Å². The maximum atomic E-state index is 10.4. The maximum absolute atomic E-state index is 10.4. The van der Waals surface area contributed by atoms with E-state index >= 15 is 0 Å². The summed E-state index contributed by atoms with van der Waals surface area (Å²) in [6.07, 6.45) is 1.19. The van der Waals surface area contributed by atoms with Crippen LogP contribution in [0, 0.1) is 5.92 Å². The molecule has 1 atom stereocenters. The fourth-order valence-electron chi connectivity index (χ4n) is 1.52. The largest absolute Gasteiger partial charge is 0.363 e. The van der Waals surface area contributed by atoms with E-state index in [1.54, 1.807) is 11.8 Å². The Bertz CT molecular complexity index is 268. The fourth-order valence-corrected chi connectivity index (χ4v) is 2.80. The standard InChI is InChI=1S/C10H20N4OS/c1-7(2)5-8-6-14-10(16-8)13-4-3-12-9(11)15/h7-8H,3-6H2,1-2H3,(H,13,14)(H3,11,12,15). The van der Waals surface area contributed by atoms with Crippen molar-refractivity contribution in [1.82, 2.24) is 10.6 Å². The highest BCUT2D eigenvalue weighted by Gasteiger charge is 2.19. The number of primary amides is 1. The molecule has 6 heteroatoms. The zero-order valence-corrected chi connectivity index (χ0v) is 10.6. The molecule has 0 aromatic carbocycles. The second-order valence-corrected chi connectivity index (χ2v) is 5.52. The summed E-state index contributed by atoms with van der Waals surface area (Å²) in [5.74, 6) is 0.712. The normalized spacial score (nSPS) is 19.7. The van der Waals surface area contributed by atoms with Crippen LogP contribution in [0.4, 0.5) is 4.79 Å². The van der Waals surface area contributed by atoms with Gasteiger partial charge in [0, 0.05) is 18.3 Å². The van der Waals surface area contributed by atoms with Gasteiger partial charge >= 0.3 is 6.03 Å². The molecule has 1 heterocycles. The first-order chi connectivity index (χ1) is 7.58. The third-order valence-electron chi connectivity index (χ3n) is 2.15. The Labute approximate surface area is 101 Å². The van der Waals surface area contributed by atoms with E-state index < -0.39 is 6.03 Å². The lowest BCUT2D eigenvalue weighted by molar-refractivity contribution is 0.249. The highest BCUT2D eigenvalue weighted by Crippen LogP contribution is 2.25. The summed E-state index contributed by atoms with van der Waals surface area (Å²) in [5.41, 5.74) is 4.95. The number of hydrogen-bond acceptors (Lipinski definition) is 4. The summed E-state index contributed by atoms with van der Waals surface area (Å²) in [6, 6.07) is -0.486. The van der Waals surface area contributed by atoms with Crippen molar-refractivity contribution in [3.63, 3.8) is 0 Å². The van der Waals surface area contributed by atoms with Gasteiger partial charge in [0.25, 0.3) is 0 Å². The smallest absolute Gasteiger partial charge is 0.312 e. The van der Waals surface area contributed by atoms with Gasteiger partial charge in [-0.3, -0.25) is 4.99 Å². The van der Waals surface area contributed by atoms with Gasteiger partial charge in [-0.05, 0) is 12.3 Å². The fraction of sp³-hybridized carbons (Fsp3) is 0.800. The van der Waals surface area contributed by atoms with Crippen molar-refractivity contribution in [2.75, 3.05) is 19.6 Å². The number of nitrogens with zero attached hydrogens (tertiary/aromatic N) is 1. The minimum absolute atomic E-state index is 0.486. The Morgan fingerprint density at radius 3 is 3.00 bits per heavy atom. The predicted octanol–water partition coefficient (Wildman–Crippen LogP) is 0.762. The van der Waals surface area contributed by atoms with Gasteiger partial charge in [0.2, 0.25) is 0 Å². The second kappa shape index (κ2) is 6.62. The molecular formula is C10H20N4OS. The van der Waals surface area contributed by atoms with Crippen LogP contribution in [-0.4, -0.2) is 36.1 Å². The van der Waals surface area contributed by atoms with E-state index in [1.165, 1.54) is 6.42 Å². The van der Waals surface area contributed by atoms with Crippen molar-refractivity contribution < 1.29 is 4.79 Å². The summed E-state index contributed by atoms with van der Waals surface area (Å²) >= 11 is 1.79. The number of nitrogens with one attached hydrogen (secondary N) is 2. The van der Waals surface area contributed by atoms with Gasteiger partial charge in [0.15, 0.2) is 5.17 Å². The van der Waals surface area contributed by atoms with E-state index in [9.17, 15) is 4.79 Å². The second-order valence-electron chi connectivity index (χ2n) is 4.23. The molecular weight excluding hydrogens is 224 g/mol. The average molecular weight is 244 g/mol. The van der Waals surface area contributed by atoms with E-state index in [0.717, 1.165) is 11.7 Å². The minimum Gasteiger partial charge on any atom is -0.363 e. The predicted molar refractivity (Wildman–Crippen MR) is 68.7 cm³/mol. The Kier molecular flexibility index (Phi) is 5.45. The maximum Gasteiger partial charge on any atom is 0.312 e. The number of hydrogen-bond donors (Lipinski definition) is 3. The van der Waals surface area contributed by atoms with Crippen molar-refractivity contribution in [1.29, 1.82) is 0 Å². The number of amides is 2. The molecule has 1 unspecified atom stereocenters. The molecule has 0 saturated heterocycles. The highest BCUT2D eigenvalue weighted by atomic mass is 32.2. The van der Waals surface area contributed by atoms with E-state index in [4.69, 9.17) is 5.73 Å². The molecule has 0 aliphatic carbocycles. The summed E-state index contributed by atoms with van der Waals surface area (Å²) in [4.78, 5) is 14.8. The van der Waals surface area contributed by atoms with Crippen LogP contribution < -0.4 is 16.4 Å². The van der Waals surface area contributed by atoms with Crippen molar-refractivity contribution >= 4 is 23.0 Å². The van der Waals surface area contributed by atoms with Gasteiger partial charge in [0.1, 0.15) is 0 Å². The van der Waals surface area contributed by atoms with Crippen LogP contribution in [-0.2, 0) is 0 Å². The van der Waals surface area contributed by atoms with Crippen LogP contribution >= 0.6 is 11.8 Å². The molecule has 0 aromatic heterocycles. The molecule has 5 nitrogen and oxygen atoms in total. The average Bonchev–Trinajstić information content (AvgIpc) is 2.59. The quantitative estimate of drug-likeness (QED) is 0.625. The zero-order valence-electron chi connectivity index (χ0n) is 9.82. The van der Waals surface area contributed by atoms with Crippen LogP contribution in [0.2, 0.25) is 0 Å². The van der Waals surface area contributed by atoms with Crippen LogP contribution in [0.1, 0.15) is 20.3 Å². The van der Waals surface area contributed by atoms with E-state index in [-0.39, 0.29) is 0 Å². The van der Waals surface area contributed by atoms with Crippen LogP contribution in [0.25, 0.3) is 0 Å². The third-order valence-corrected chi connectivity index (χ3v) is 3.32. The first kappa shape index (κ1) is 13.2. The van der Waals surface area contributed by atoms with Crippen LogP contribution in [0.15, 0.2) is 4.99 Å². The summed E-state index contributed by atoms with van der Waals surface area (Å²) in [7, 11) is 0. The molecule has 1 rings (SSSR count). The van der Waals surface area contributed by atoms with Gasteiger partial charge in [0.05, 0.1) is 6.54 Å². The monoisotopic (exact) mass is 244 g/mol. The van der Waals surface area contributed by atoms with E-state index in [1.807, 2.05) is 0 Å². The zero-order chi connectivity index (χ0) is 12.0. The van der Waals surface area contributed by atoms with Crippen molar-refractivity contribution in [3.8, 4) is 0 Å². The van der Waals surface area contributed by atoms with Gasteiger partial charge in [-0.2, -0.15) is 0 Å². The van der Waals surface area contributed by atoms with Crippen LogP contribution in [0.3, 0.4) is 0 Å². The van der Waals surface area contributed by atoms with E-state index in [2.05, 4.69) is 29.5 Å². The summed E-state index contributed by atoms with van der Waals surface area (Å²) < 4.78 is 0. The van der Waals surface area contributed by atoms with Gasteiger partial charge in [-0.25, -0.2) is 4.79 Å². The van der Waals surface area contributed by atoms with Gasteiger partial charge in [-0.1, -0.05) is 25.6 Å². The number of rotatable bonds is 5. The molecule has 0 saturated carbocycles. The molecule has 92 valence electrons.